The minimum absolute atomic E-state index is 0.373. The lowest BCUT2D eigenvalue weighted by Gasteiger charge is -2.36. The highest BCUT2D eigenvalue weighted by Crippen LogP contribution is 2.35. The molecule has 22 heavy (non-hydrogen) atoms. The maximum Gasteiger partial charge on any atom is 0.411 e. The van der Waals surface area contributed by atoms with Gasteiger partial charge >= 0.3 is 12.1 Å². The average Bonchev–Trinajstić information content (AvgIpc) is 3.06. The first kappa shape index (κ1) is 16.8. The molecule has 1 saturated heterocycles. The molecule has 1 fully saturated rings. The van der Waals surface area contributed by atoms with Crippen LogP contribution in [0, 0.1) is 0 Å². The fraction of sp³-hybridized carbons (Fsp3) is 0.625. The summed E-state index contributed by atoms with van der Waals surface area (Å²) in [6.07, 6.45) is 1.36. The van der Waals surface area contributed by atoms with Gasteiger partial charge in [0.2, 0.25) is 0 Å². The number of methoxy groups -OCH3 is 1. The minimum atomic E-state index is -0.960. The van der Waals surface area contributed by atoms with Crippen LogP contribution in [0.4, 0.5) is 4.79 Å². The quantitative estimate of drug-likeness (QED) is 0.801. The highest BCUT2D eigenvalue weighted by Gasteiger charge is 2.52. The molecule has 0 saturated carbocycles. The lowest BCUT2D eigenvalue weighted by atomic mass is 9.89. The molecule has 2 heterocycles. The first-order valence-corrected chi connectivity index (χ1v) is 8.33. The van der Waals surface area contributed by atoms with Gasteiger partial charge in [-0.3, -0.25) is 4.90 Å². The largest absolute Gasteiger partial charge is 0.467 e. The Balaban J connectivity index is 2.30. The molecule has 0 radical (unpaired) electrons. The molecule has 122 valence electrons. The van der Waals surface area contributed by atoms with E-state index in [1.165, 1.54) is 7.11 Å². The van der Waals surface area contributed by atoms with Crippen LogP contribution in [0.2, 0.25) is 0 Å². The molecule has 1 aromatic rings. The van der Waals surface area contributed by atoms with Gasteiger partial charge in [0, 0.05) is 13.0 Å². The standard InChI is InChI=1S/C16H23NO4S/c1-15(2,3)21-14(19)17-8-5-7-16(17,13(18)20-4)10-12-6-9-22-11-12/h6,9,11H,5,7-8,10H2,1-4H3. The van der Waals surface area contributed by atoms with Crippen LogP contribution in [0.1, 0.15) is 39.2 Å². The Morgan fingerprint density at radius 3 is 2.68 bits per heavy atom. The summed E-state index contributed by atoms with van der Waals surface area (Å²) in [5.41, 5.74) is -0.520. The van der Waals surface area contributed by atoms with Crippen molar-refractivity contribution < 1.29 is 19.1 Å². The summed E-state index contributed by atoms with van der Waals surface area (Å²) < 4.78 is 10.5. The van der Waals surface area contributed by atoms with Gasteiger partial charge in [-0.15, -0.1) is 0 Å². The van der Waals surface area contributed by atoms with Crippen molar-refractivity contribution in [3.05, 3.63) is 22.4 Å². The molecule has 5 nitrogen and oxygen atoms in total. The highest BCUT2D eigenvalue weighted by atomic mass is 32.1. The topological polar surface area (TPSA) is 55.8 Å². The Morgan fingerprint density at radius 1 is 1.41 bits per heavy atom. The van der Waals surface area contributed by atoms with Gasteiger partial charge in [0.05, 0.1) is 7.11 Å². The van der Waals surface area contributed by atoms with Crippen molar-refractivity contribution in [2.75, 3.05) is 13.7 Å². The number of esters is 1. The van der Waals surface area contributed by atoms with Crippen LogP contribution in [0.5, 0.6) is 0 Å². The minimum Gasteiger partial charge on any atom is -0.467 e. The maximum atomic E-state index is 12.5. The van der Waals surface area contributed by atoms with Gasteiger partial charge in [-0.1, -0.05) is 0 Å². The fourth-order valence-corrected chi connectivity index (χ4v) is 3.52. The second-order valence-electron chi connectivity index (χ2n) is 6.57. The third kappa shape index (κ3) is 3.43. The van der Waals surface area contributed by atoms with Crippen molar-refractivity contribution in [1.82, 2.24) is 4.90 Å². The normalized spacial score (nSPS) is 21.7. The molecule has 0 aromatic carbocycles. The smallest absolute Gasteiger partial charge is 0.411 e. The number of hydrogen-bond donors (Lipinski definition) is 0. The number of nitrogens with zero attached hydrogens (tertiary/aromatic N) is 1. The Labute approximate surface area is 135 Å². The predicted molar refractivity (Wildman–Crippen MR) is 84.9 cm³/mol. The first-order chi connectivity index (χ1) is 10.3. The van der Waals surface area contributed by atoms with Crippen molar-refractivity contribution in [3.63, 3.8) is 0 Å². The molecule has 1 atom stereocenters. The summed E-state index contributed by atoms with van der Waals surface area (Å²) >= 11 is 1.57. The number of rotatable bonds is 3. The number of carbonyl (C=O) groups excluding carboxylic acids is 2. The van der Waals surface area contributed by atoms with Crippen molar-refractivity contribution in [2.24, 2.45) is 0 Å². The van der Waals surface area contributed by atoms with Gasteiger partial charge in [-0.05, 0) is 56.0 Å². The molecular weight excluding hydrogens is 302 g/mol. The number of hydrogen-bond acceptors (Lipinski definition) is 5. The molecule has 0 N–H and O–H groups in total. The van der Waals surface area contributed by atoms with E-state index in [4.69, 9.17) is 9.47 Å². The van der Waals surface area contributed by atoms with Crippen LogP contribution in [-0.2, 0) is 20.7 Å². The van der Waals surface area contributed by atoms with Crippen molar-refractivity contribution >= 4 is 23.4 Å². The Hall–Kier alpha value is -1.56. The fourth-order valence-electron chi connectivity index (χ4n) is 2.85. The molecule has 0 bridgehead atoms. The zero-order chi connectivity index (χ0) is 16.4. The van der Waals surface area contributed by atoms with E-state index in [1.54, 1.807) is 16.2 Å². The van der Waals surface area contributed by atoms with Crippen molar-refractivity contribution in [1.29, 1.82) is 0 Å². The van der Waals surface area contributed by atoms with Crippen LogP contribution in [-0.4, -0.2) is 41.8 Å². The summed E-state index contributed by atoms with van der Waals surface area (Å²) in [7, 11) is 1.36. The molecule has 1 aliphatic rings. The molecule has 1 unspecified atom stereocenters. The van der Waals surface area contributed by atoms with Crippen LogP contribution < -0.4 is 0 Å². The third-order valence-electron chi connectivity index (χ3n) is 3.74. The van der Waals surface area contributed by atoms with E-state index in [9.17, 15) is 9.59 Å². The lowest BCUT2D eigenvalue weighted by Crippen LogP contribution is -2.56. The highest BCUT2D eigenvalue weighted by molar-refractivity contribution is 7.07. The number of thiophene rings is 1. The summed E-state index contributed by atoms with van der Waals surface area (Å²) in [4.78, 5) is 26.5. The van der Waals surface area contributed by atoms with Gasteiger partial charge in [0.25, 0.3) is 0 Å². The van der Waals surface area contributed by atoms with Crippen LogP contribution in [0.15, 0.2) is 16.8 Å². The predicted octanol–water partition coefficient (Wildman–Crippen LogP) is 3.23. The van der Waals surface area contributed by atoms with Gasteiger partial charge < -0.3 is 9.47 Å². The summed E-state index contributed by atoms with van der Waals surface area (Å²) in [5.74, 6) is -0.373. The van der Waals surface area contributed by atoms with Gasteiger partial charge in [-0.2, -0.15) is 11.3 Å². The number of likely N-dealkylation sites (tertiary alicyclic amines) is 1. The van der Waals surface area contributed by atoms with E-state index in [0.717, 1.165) is 12.0 Å². The number of carbonyl (C=O) groups is 2. The second-order valence-corrected chi connectivity index (χ2v) is 7.35. The van der Waals surface area contributed by atoms with Crippen LogP contribution in [0.3, 0.4) is 0 Å². The number of ether oxygens (including phenoxy) is 2. The Kier molecular flexibility index (Phi) is 4.80. The van der Waals surface area contributed by atoms with Crippen molar-refractivity contribution in [2.45, 2.75) is 51.2 Å². The Bertz CT molecular complexity index is 535. The van der Waals surface area contributed by atoms with Crippen molar-refractivity contribution in [3.8, 4) is 0 Å². The third-order valence-corrected chi connectivity index (χ3v) is 4.48. The molecule has 0 spiro atoms. The van der Waals surface area contributed by atoms with Crippen LogP contribution >= 0.6 is 11.3 Å². The van der Waals surface area contributed by atoms with E-state index in [1.807, 2.05) is 37.6 Å². The molecule has 6 heteroatoms. The van der Waals surface area contributed by atoms with Gasteiger partial charge in [0.1, 0.15) is 11.1 Å². The van der Waals surface area contributed by atoms with E-state index in [2.05, 4.69) is 0 Å². The number of amides is 1. The molecule has 0 aliphatic carbocycles. The molecular formula is C16H23NO4S. The molecule has 2 rings (SSSR count). The maximum absolute atomic E-state index is 12.5. The SMILES string of the molecule is COC(=O)C1(Cc2ccsc2)CCCN1C(=O)OC(C)(C)C. The first-order valence-electron chi connectivity index (χ1n) is 7.39. The Morgan fingerprint density at radius 2 is 2.14 bits per heavy atom. The van der Waals surface area contributed by atoms with Gasteiger partial charge in [0.15, 0.2) is 0 Å². The molecule has 1 aromatic heterocycles. The summed E-state index contributed by atoms with van der Waals surface area (Å²) in [6, 6.07) is 1.97. The molecule has 1 amide bonds. The molecule has 1 aliphatic heterocycles. The lowest BCUT2D eigenvalue weighted by molar-refractivity contribution is -0.153. The van der Waals surface area contributed by atoms with Gasteiger partial charge in [-0.25, -0.2) is 9.59 Å². The zero-order valence-corrected chi connectivity index (χ0v) is 14.4. The zero-order valence-electron chi connectivity index (χ0n) is 13.5. The van der Waals surface area contributed by atoms with E-state index >= 15 is 0 Å². The van der Waals surface area contributed by atoms with E-state index in [0.29, 0.717) is 19.4 Å². The second kappa shape index (κ2) is 6.28. The monoisotopic (exact) mass is 325 g/mol. The summed E-state index contributed by atoms with van der Waals surface area (Å²) in [6.45, 7) is 5.97. The van der Waals surface area contributed by atoms with Crippen LogP contribution in [0.25, 0.3) is 0 Å². The average molecular weight is 325 g/mol. The summed E-state index contributed by atoms with van der Waals surface area (Å²) in [5, 5.41) is 3.96. The van der Waals surface area contributed by atoms with E-state index < -0.39 is 17.2 Å². The van der Waals surface area contributed by atoms with E-state index in [-0.39, 0.29) is 5.97 Å².